The molecule has 0 saturated carbocycles. The van der Waals surface area contributed by atoms with Crippen molar-refractivity contribution < 1.29 is 13.2 Å². The van der Waals surface area contributed by atoms with Crippen molar-refractivity contribution >= 4 is 16.1 Å². The molecule has 94 valence electrons. The summed E-state index contributed by atoms with van der Waals surface area (Å²) in [6.07, 6.45) is 0.659. The molecule has 0 atom stereocenters. The maximum absolute atomic E-state index is 12.1. The average molecular weight is 249 g/mol. The van der Waals surface area contributed by atoms with E-state index in [0.717, 1.165) is 0 Å². The second-order valence-corrected chi connectivity index (χ2v) is 5.56. The zero-order valence-corrected chi connectivity index (χ0v) is 10.6. The number of hydrogen-bond acceptors (Lipinski definition) is 3. The van der Waals surface area contributed by atoms with E-state index in [1.807, 2.05) is 0 Å². The molecule has 0 aromatic heterocycles. The highest BCUT2D eigenvalue weighted by atomic mass is 32.2. The molecule has 1 fully saturated rings. The van der Waals surface area contributed by atoms with Crippen LogP contribution in [0.25, 0.3) is 0 Å². The molecule has 1 heterocycles. The molecule has 0 unspecified atom stereocenters. The highest BCUT2D eigenvalue weighted by molar-refractivity contribution is 7.86. The third-order valence-corrected chi connectivity index (χ3v) is 4.72. The van der Waals surface area contributed by atoms with Gasteiger partial charge in [-0.2, -0.15) is 17.0 Å². The first-order valence-electron chi connectivity index (χ1n) is 5.54. The molecule has 0 radical (unpaired) electrons. The highest BCUT2D eigenvalue weighted by Crippen LogP contribution is 2.09. The van der Waals surface area contributed by atoms with Crippen LogP contribution in [0.3, 0.4) is 0 Å². The molecular weight excluding hydrogens is 230 g/mol. The number of carbonyl (C=O) groups is 1. The summed E-state index contributed by atoms with van der Waals surface area (Å²) in [5.41, 5.74) is 0. The van der Waals surface area contributed by atoms with Gasteiger partial charge in [-0.1, -0.05) is 13.8 Å². The van der Waals surface area contributed by atoms with Gasteiger partial charge in [0, 0.05) is 26.2 Å². The number of nitrogens with one attached hydrogen (secondary N) is 1. The lowest BCUT2D eigenvalue weighted by molar-refractivity contribution is -0.120. The van der Waals surface area contributed by atoms with E-state index in [1.54, 1.807) is 13.8 Å². The Hall–Kier alpha value is -0.660. The van der Waals surface area contributed by atoms with Crippen LogP contribution in [-0.4, -0.2) is 55.7 Å². The van der Waals surface area contributed by atoms with Crippen LogP contribution in [-0.2, 0) is 15.0 Å². The van der Waals surface area contributed by atoms with Crippen LogP contribution in [0.2, 0.25) is 0 Å². The van der Waals surface area contributed by atoms with E-state index >= 15 is 0 Å². The average Bonchev–Trinajstić information content (AvgIpc) is 2.44. The van der Waals surface area contributed by atoms with E-state index in [9.17, 15) is 13.2 Å². The van der Waals surface area contributed by atoms with Gasteiger partial charge >= 0.3 is 0 Å². The molecule has 0 aromatic carbocycles. The molecular formula is C9H19N3O3S. The molecule has 1 aliphatic rings. The first-order chi connectivity index (χ1) is 7.52. The van der Waals surface area contributed by atoms with Gasteiger partial charge in [-0.25, -0.2) is 0 Å². The van der Waals surface area contributed by atoms with Gasteiger partial charge < -0.3 is 5.32 Å². The second-order valence-electron chi connectivity index (χ2n) is 3.63. The lowest BCUT2D eigenvalue weighted by Crippen LogP contribution is -2.46. The van der Waals surface area contributed by atoms with E-state index in [-0.39, 0.29) is 12.5 Å². The van der Waals surface area contributed by atoms with Gasteiger partial charge in [0.05, 0.1) is 6.54 Å². The number of carbonyl (C=O) groups excluding carboxylic acids is 1. The van der Waals surface area contributed by atoms with Crippen LogP contribution in [0, 0.1) is 0 Å². The normalized spacial score (nSPS) is 19.6. The number of hydrogen-bond donors (Lipinski definition) is 1. The van der Waals surface area contributed by atoms with Crippen molar-refractivity contribution in [1.29, 1.82) is 0 Å². The van der Waals surface area contributed by atoms with E-state index in [4.69, 9.17) is 0 Å². The lowest BCUT2D eigenvalue weighted by Gasteiger charge is -2.26. The predicted octanol–water partition coefficient (Wildman–Crippen LogP) is -0.605. The van der Waals surface area contributed by atoms with Crippen molar-refractivity contribution in [3.05, 3.63) is 0 Å². The summed E-state index contributed by atoms with van der Waals surface area (Å²) in [6.45, 7) is 5.31. The maximum atomic E-state index is 12.1. The highest BCUT2D eigenvalue weighted by Gasteiger charge is 2.30. The Bertz CT molecular complexity index is 338. The molecule has 1 amide bonds. The summed E-state index contributed by atoms with van der Waals surface area (Å²) >= 11 is 0. The summed E-state index contributed by atoms with van der Waals surface area (Å²) in [4.78, 5) is 11.3. The summed E-state index contributed by atoms with van der Waals surface area (Å²) < 4.78 is 26.9. The largest absolute Gasteiger partial charge is 0.355 e. The number of nitrogens with zero attached hydrogens (tertiary/aromatic N) is 2. The van der Waals surface area contributed by atoms with Gasteiger partial charge in [-0.05, 0) is 6.42 Å². The maximum Gasteiger partial charge on any atom is 0.282 e. The molecule has 0 aliphatic carbocycles. The Morgan fingerprint density at radius 1 is 1.38 bits per heavy atom. The minimum atomic E-state index is -3.47. The molecule has 16 heavy (non-hydrogen) atoms. The first-order valence-corrected chi connectivity index (χ1v) is 6.94. The molecule has 1 saturated heterocycles. The SMILES string of the molecule is CCN(CC)S(=O)(=O)N1CCCNC(=O)C1. The van der Waals surface area contributed by atoms with Gasteiger partial charge in [-0.15, -0.1) is 0 Å². The standard InChI is InChI=1S/C9H19N3O3S/c1-3-11(4-2)16(14,15)12-7-5-6-10-9(13)8-12/h3-8H2,1-2H3,(H,10,13). The monoisotopic (exact) mass is 249 g/mol. The predicted molar refractivity (Wildman–Crippen MR) is 61.0 cm³/mol. The van der Waals surface area contributed by atoms with Gasteiger partial charge in [-0.3, -0.25) is 4.79 Å². The van der Waals surface area contributed by atoms with Gasteiger partial charge in [0.1, 0.15) is 0 Å². The molecule has 0 spiro atoms. The number of rotatable bonds is 4. The topological polar surface area (TPSA) is 69.7 Å². The van der Waals surface area contributed by atoms with Crippen LogP contribution in [0.15, 0.2) is 0 Å². The van der Waals surface area contributed by atoms with E-state index in [1.165, 1.54) is 8.61 Å². The van der Waals surface area contributed by atoms with Gasteiger partial charge in [0.25, 0.3) is 10.2 Å². The van der Waals surface area contributed by atoms with Crippen LogP contribution in [0.4, 0.5) is 0 Å². The van der Waals surface area contributed by atoms with Crippen molar-refractivity contribution in [3.63, 3.8) is 0 Å². The summed E-state index contributed by atoms with van der Waals surface area (Å²) in [7, 11) is -3.47. The fourth-order valence-electron chi connectivity index (χ4n) is 1.69. The van der Waals surface area contributed by atoms with Crippen LogP contribution in [0.1, 0.15) is 20.3 Å². The summed E-state index contributed by atoms with van der Waals surface area (Å²) in [5.74, 6) is -0.228. The first kappa shape index (κ1) is 13.4. The van der Waals surface area contributed by atoms with Crippen molar-refractivity contribution in [2.24, 2.45) is 0 Å². The molecule has 6 nitrogen and oxygen atoms in total. The van der Waals surface area contributed by atoms with E-state index in [0.29, 0.717) is 32.6 Å². The van der Waals surface area contributed by atoms with Crippen molar-refractivity contribution in [1.82, 2.24) is 13.9 Å². The number of amides is 1. The Kier molecular flexibility index (Phi) is 4.69. The zero-order chi connectivity index (χ0) is 12.2. The third kappa shape index (κ3) is 2.93. The van der Waals surface area contributed by atoms with Crippen molar-refractivity contribution in [3.8, 4) is 0 Å². The molecule has 0 bridgehead atoms. The van der Waals surface area contributed by atoms with Crippen LogP contribution >= 0.6 is 0 Å². The Morgan fingerprint density at radius 2 is 2.00 bits per heavy atom. The molecule has 1 rings (SSSR count). The van der Waals surface area contributed by atoms with Crippen LogP contribution < -0.4 is 5.32 Å². The smallest absolute Gasteiger partial charge is 0.282 e. The van der Waals surface area contributed by atoms with Crippen molar-refractivity contribution in [2.45, 2.75) is 20.3 Å². The van der Waals surface area contributed by atoms with Crippen LogP contribution in [0.5, 0.6) is 0 Å². The molecule has 1 aliphatic heterocycles. The minimum absolute atomic E-state index is 0.0706. The molecule has 1 N–H and O–H groups in total. The Morgan fingerprint density at radius 3 is 2.56 bits per heavy atom. The molecule has 7 heteroatoms. The van der Waals surface area contributed by atoms with Gasteiger partial charge in [0.2, 0.25) is 5.91 Å². The van der Waals surface area contributed by atoms with Gasteiger partial charge in [0.15, 0.2) is 0 Å². The summed E-state index contributed by atoms with van der Waals surface area (Å²) in [5, 5.41) is 2.66. The van der Waals surface area contributed by atoms with E-state index < -0.39 is 10.2 Å². The lowest BCUT2D eigenvalue weighted by atomic mass is 10.4. The fourth-order valence-corrected chi connectivity index (χ4v) is 3.31. The Balaban J connectivity index is 2.84. The Labute approximate surface area is 96.8 Å². The van der Waals surface area contributed by atoms with Crippen molar-refractivity contribution in [2.75, 3.05) is 32.7 Å². The molecule has 0 aromatic rings. The van der Waals surface area contributed by atoms with E-state index in [2.05, 4.69) is 5.32 Å². The quantitative estimate of drug-likeness (QED) is 0.723. The summed E-state index contributed by atoms with van der Waals surface area (Å²) in [6, 6.07) is 0. The fraction of sp³-hybridized carbons (Fsp3) is 0.889. The second kappa shape index (κ2) is 5.60. The third-order valence-electron chi connectivity index (χ3n) is 2.58. The minimum Gasteiger partial charge on any atom is -0.355 e. The zero-order valence-electron chi connectivity index (χ0n) is 9.77.